The SMILES string of the molecule is CC(C)N1CCC(c2[nH]c3cc([N+](=O)[O-])ccc3c2OC(=O)/C=C\C(=O)Oc2c(C3CCN(C(C)C)CC3)[nH]c3cc([N+](=O)[O-])ccc23)CC1. The van der Waals surface area contributed by atoms with Crippen LogP contribution in [0.2, 0.25) is 0 Å². The Morgan fingerprint density at radius 2 is 1.06 bits per heavy atom. The molecule has 2 aromatic carbocycles. The second-order valence-corrected chi connectivity index (χ2v) is 13.7. The van der Waals surface area contributed by atoms with Crippen molar-refractivity contribution in [1.29, 1.82) is 0 Å². The summed E-state index contributed by atoms with van der Waals surface area (Å²) in [5, 5.41) is 24.0. The normalized spacial score (nSPS) is 17.0. The molecule has 0 atom stereocenters. The number of nitro groups is 2. The van der Waals surface area contributed by atoms with Crippen LogP contribution in [0.4, 0.5) is 11.4 Å². The number of aromatic amines is 2. The number of nitrogens with zero attached hydrogens (tertiary/aromatic N) is 4. The van der Waals surface area contributed by atoms with Crippen molar-refractivity contribution in [1.82, 2.24) is 19.8 Å². The highest BCUT2D eigenvalue weighted by molar-refractivity contribution is 5.98. The maximum absolute atomic E-state index is 13.2. The Morgan fingerprint density at radius 3 is 1.38 bits per heavy atom. The number of aromatic nitrogens is 2. The number of esters is 2. The van der Waals surface area contributed by atoms with Crippen LogP contribution < -0.4 is 9.47 Å². The summed E-state index contributed by atoms with van der Waals surface area (Å²) in [6, 6.07) is 9.51. The van der Waals surface area contributed by atoms with E-state index in [1.807, 2.05) is 0 Å². The zero-order chi connectivity index (χ0) is 35.7. The standard InChI is InChI=1S/C36H42N6O8/c1-21(2)39-15-11-23(12-16-39)33-35(27-7-5-25(41(45)46)19-29(27)37-33)49-31(43)9-10-32(44)50-36-28-8-6-26(42(47)48)20-30(28)38-34(36)24-13-17-40(18-14-24)22(3)4/h5-10,19-24,37-38H,11-18H2,1-4H3/b10-9-. The lowest BCUT2D eigenvalue weighted by molar-refractivity contribution is -0.384. The quantitative estimate of drug-likeness (QED) is 0.0789. The first kappa shape index (κ1) is 34.8. The highest BCUT2D eigenvalue weighted by atomic mass is 16.6. The summed E-state index contributed by atoms with van der Waals surface area (Å²) in [6.07, 6.45) is 5.24. The molecule has 6 rings (SSSR count). The van der Waals surface area contributed by atoms with Crippen molar-refractivity contribution in [2.75, 3.05) is 26.2 Å². The largest absolute Gasteiger partial charge is 0.421 e. The Morgan fingerprint density at radius 1 is 0.700 bits per heavy atom. The lowest BCUT2D eigenvalue weighted by Crippen LogP contribution is -2.38. The van der Waals surface area contributed by atoms with Crippen LogP contribution in [-0.2, 0) is 9.59 Å². The summed E-state index contributed by atoms with van der Waals surface area (Å²) in [6.45, 7) is 12.0. The maximum Gasteiger partial charge on any atom is 0.336 e. The summed E-state index contributed by atoms with van der Waals surface area (Å²) < 4.78 is 11.7. The van der Waals surface area contributed by atoms with Gasteiger partial charge in [-0.25, -0.2) is 9.59 Å². The highest BCUT2D eigenvalue weighted by Gasteiger charge is 2.30. The topological polar surface area (TPSA) is 177 Å². The lowest BCUT2D eigenvalue weighted by Gasteiger charge is -2.34. The fourth-order valence-corrected chi connectivity index (χ4v) is 7.20. The molecule has 4 heterocycles. The van der Waals surface area contributed by atoms with Crippen LogP contribution in [0.1, 0.15) is 76.6 Å². The van der Waals surface area contributed by atoms with Crippen molar-refractivity contribution in [2.45, 2.75) is 77.3 Å². The Labute approximate surface area is 288 Å². The number of carbonyl (C=O) groups is 2. The first-order valence-corrected chi connectivity index (χ1v) is 17.1. The molecule has 2 aromatic heterocycles. The Hall–Kier alpha value is -5.08. The van der Waals surface area contributed by atoms with E-state index in [1.54, 1.807) is 12.1 Å². The number of rotatable bonds is 10. The van der Waals surface area contributed by atoms with Gasteiger partial charge in [0.1, 0.15) is 0 Å². The average Bonchev–Trinajstić information content (AvgIpc) is 3.64. The van der Waals surface area contributed by atoms with Gasteiger partial charge in [-0.3, -0.25) is 20.2 Å². The summed E-state index contributed by atoms with van der Waals surface area (Å²) in [5.41, 5.74) is 2.17. The molecule has 14 heteroatoms. The van der Waals surface area contributed by atoms with Crippen molar-refractivity contribution in [3.63, 3.8) is 0 Å². The first-order valence-electron chi connectivity index (χ1n) is 17.1. The van der Waals surface area contributed by atoms with Gasteiger partial charge in [0.15, 0.2) is 11.5 Å². The number of nitrogens with one attached hydrogen (secondary N) is 2. The van der Waals surface area contributed by atoms with Crippen LogP contribution >= 0.6 is 0 Å². The van der Waals surface area contributed by atoms with Crippen molar-refractivity contribution < 1.29 is 28.9 Å². The molecule has 2 saturated heterocycles. The van der Waals surface area contributed by atoms with E-state index < -0.39 is 21.8 Å². The second kappa shape index (κ2) is 14.4. The summed E-state index contributed by atoms with van der Waals surface area (Å²) in [7, 11) is 0. The number of H-pyrrole nitrogens is 2. The van der Waals surface area contributed by atoms with E-state index in [0.717, 1.165) is 64.0 Å². The predicted molar refractivity (Wildman–Crippen MR) is 188 cm³/mol. The smallest absolute Gasteiger partial charge is 0.336 e. The number of ether oxygens (including phenoxy) is 2. The number of non-ortho nitro benzene ring substituents is 2. The predicted octanol–water partition coefficient (Wildman–Crippen LogP) is 6.71. The van der Waals surface area contributed by atoms with Gasteiger partial charge in [-0.2, -0.15) is 0 Å². The van der Waals surface area contributed by atoms with Crippen molar-refractivity contribution in [3.8, 4) is 11.5 Å². The zero-order valence-electron chi connectivity index (χ0n) is 28.6. The number of benzene rings is 2. The molecule has 14 nitrogen and oxygen atoms in total. The molecule has 0 unspecified atom stereocenters. The molecule has 2 fully saturated rings. The van der Waals surface area contributed by atoms with E-state index in [4.69, 9.17) is 9.47 Å². The molecule has 4 aromatic rings. The Kier molecular flexibility index (Phi) is 10.0. The minimum atomic E-state index is -0.807. The molecular formula is C36H42N6O8. The fourth-order valence-electron chi connectivity index (χ4n) is 7.20. The summed E-state index contributed by atoms with van der Waals surface area (Å²) >= 11 is 0. The maximum atomic E-state index is 13.2. The number of likely N-dealkylation sites (tertiary alicyclic amines) is 2. The summed E-state index contributed by atoms with van der Waals surface area (Å²) in [4.78, 5) is 59.7. The van der Waals surface area contributed by atoms with Crippen molar-refractivity contribution in [2.24, 2.45) is 0 Å². The third-order valence-electron chi connectivity index (χ3n) is 10.0. The van der Waals surface area contributed by atoms with Crippen LogP contribution in [0.15, 0.2) is 48.6 Å². The van der Waals surface area contributed by atoms with Gasteiger partial charge in [0.25, 0.3) is 11.4 Å². The van der Waals surface area contributed by atoms with E-state index in [2.05, 4.69) is 47.5 Å². The number of piperidine rings is 2. The monoisotopic (exact) mass is 686 g/mol. The Bertz CT molecular complexity index is 1820. The molecule has 2 N–H and O–H groups in total. The summed E-state index contributed by atoms with van der Waals surface area (Å²) in [5.74, 6) is -0.965. The van der Waals surface area contributed by atoms with Gasteiger partial charge in [0.2, 0.25) is 0 Å². The van der Waals surface area contributed by atoms with Gasteiger partial charge in [0, 0.05) is 71.1 Å². The average molecular weight is 687 g/mol. The van der Waals surface area contributed by atoms with E-state index in [0.29, 0.717) is 45.3 Å². The van der Waals surface area contributed by atoms with Gasteiger partial charge in [-0.1, -0.05) is 0 Å². The minimum absolute atomic E-state index is 0.0386. The number of hydrogen-bond donors (Lipinski definition) is 2. The van der Waals surface area contributed by atoms with Gasteiger partial charge < -0.3 is 29.2 Å². The highest BCUT2D eigenvalue weighted by Crippen LogP contribution is 2.42. The molecule has 264 valence electrons. The first-order chi connectivity index (χ1) is 23.9. The number of carbonyl (C=O) groups excluding carboxylic acids is 2. The fraction of sp³-hybridized carbons (Fsp3) is 0.444. The zero-order valence-corrected chi connectivity index (χ0v) is 28.6. The van der Waals surface area contributed by atoms with Gasteiger partial charge in [0.05, 0.1) is 32.3 Å². The van der Waals surface area contributed by atoms with E-state index >= 15 is 0 Å². The van der Waals surface area contributed by atoms with E-state index in [-0.39, 0.29) is 34.7 Å². The molecule has 0 radical (unpaired) electrons. The molecule has 0 spiro atoms. The van der Waals surface area contributed by atoms with Gasteiger partial charge >= 0.3 is 11.9 Å². The van der Waals surface area contributed by atoms with Crippen LogP contribution in [0.25, 0.3) is 21.8 Å². The molecule has 0 bridgehead atoms. The number of nitro benzene ring substituents is 2. The number of hydrogen-bond acceptors (Lipinski definition) is 10. The van der Waals surface area contributed by atoms with Crippen LogP contribution in [0.3, 0.4) is 0 Å². The van der Waals surface area contributed by atoms with Gasteiger partial charge in [-0.05, 0) is 91.7 Å². The van der Waals surface area contributed by atoms with E-state index in [9.17, 15) is 29.8 Å². The van der Waals surface area contributed by atoms with E-state index in [1.165, 1.54) is 24.3 Å². The third-order valence-corrected chi connectivity index (χ3v) is 10.0. The molecule has 50 heavy (non-hydrogen) atoms. The Balaban J connectivity index is 1.23. The minimum Gasteiger partial charge on any atom is -0.421 e. The van der Waals surface area contributed by atoms with Crippen molar-refractivity contribution in [3.05, 3.63) is 80.2 Å². The molecular weight excluding hydrogens is 644 g/mol. The molecule has 0 amide bonds. The van der Waals surface area contributed by atoms with Crippen molar-refractivity contribution >= 4 is 45.1 Å². The lowest BCUT2D eigenvalue weighted by atomic mass is 9.92. The molecule has 2 aliphatic rings. The van der Waals surface area contributed by atoms with Gasteiger partial charge in [-0.15, -0.1) is 0 Å². The molecule has 0 aliphatic carbocycles. The van der Waals surface area contributed by atoms with Crippen LogP contribution in [0.5, 0.6) is 11.5 Å². The third kappa shape index (κ3) is 7.26. The second-order valence-electron chi connectivity index (χ2n) is 13.7. The number of fused-ring (bicyclic) bond motifs is 2. The van der Waals surface area contributed by atoms with Crippen LogP contribution in [0, 0.1) is 20.2 Å². The van der Waals surface area contributed by atoms with Crippen LogP contribution in [-0.4, -0.2) is 79.8 Å². The molecule has 0 saturated carbocycles. The molecule has 2 aliphatic heterocycles.